The molecule has 19 heavy (non-hydrogen) atoms. The van der Waals surface area contributed by atoms with Crippen molar-refractivity contribution in [3.63, 3.8) is 0 Å². The number of fused-ring (bicyclic) bond motifs is 1. The summed E-state index contributed by atoms with van der Waals surface area (Å²) in [6.45, 7) is 5.08. The first-order chi connectivity index (χ1) is 9.35. The minimum Gasteiger partial charge on any atom is -0.394 e. The van der Waals surface area contributed by atoms with Crippen molar-refractivity contribution in [1.29, 1.82) is 0 Å². The van der Waals surface area contributed by atoms with Gasteiger partial charge in [-0.1, -0.05) is 6.92 Å². The number of imidazole rings is 1. The molecule has 0 aliphatic carbocycles. The highest BCUT2D eigenvalue weighted by molar-refractivity contribution is 7.15. The van der Waals surface area contributed by atoms with Gasteiger partial charge < -0.3 is 15.3 Å². The molecule has 1 aliphatic heterocycles. The highest BCUT2D eigenvalue weighted by Crippen LogP contribution is 2.30. The molecule has 1 fully saturated rings. The molecule has 3 heterocycles. The van der Waals surface area contributed by atoms with Crippen LogP contribution in [-0.2, 0) is 6.54 Å². The zero-order chi connectivity index (χ0) is 13.2. The van der Waals surface area contributed by atoms with Crippen molar-refractivity contribution in [2.45, 2.75) is 32.4 Å². The summed E-state index contributed by atoms with van der Waals surface area (Å²) in [5, 5.41) is 14.9. The van der Waals surface area contributed by atoms with Gasteiger partial charge in [0.05, 0.1) is 18.3 Å². The molecular formula is C13H20N4OS. The fourth-order valence-corrected chi connectivity index (χ4v) is 3.49. The van der Waals surface area contributed by atoms with Crippen molar-refractivity contribution in [1.82, 2.24) is 14.7 Å². The van der Waals surface area contributed by atoms with E-state index in [0.29, 0.717) is 0 Å². The summed E-state index contributed by atoms with van der Waals surface area (Å²) < 4.78 is 2.16. The van der Waals surface area contributed by atoms with E-state index in [0.717, 1.165) is 43.3 Å². The Hall–Kier alpha value is -1.11. The molecule has 0 radical (unpaired) electrons. The summed E-state index contributed by atoms with van der Waals surface area (Å²) in [4.78, 5) is 8.07. The van der Waals surface area contributed by atoms with Gasteiger partial charge in [0, 0.05) is 24.7 Å². The molecule has 0 amide bonds. The molecule has 1 atom stereocenters. The molecule has 5 nitrogen and oxygen atoms in total. The first-order valence-corrected chi connectivity index (χ1v) is 7.75. The molecule has 104 valence electrons. The van der Waals surface area contributed by atoms with Crippen LogP contribution in [0.3, 0.4) is 0 Å². The summed E-state index contributed by atoms with van der Waals surface area (Å²) in [5.74, 6) is 1.05. The molecule has 0 bridgehead atoms. The van der Waals surface area contributed by atoms with Gasteiger partial charge in [0.15, 0.2) is 10.8 Å². The first-order valence-electron chi connectivity index (χ1n) is 6.87. The summed E-state index contributed by atoms with van der Waals surface area (Å²) in [6.07, 6.45) is 4.27. The van der Waals surface area contributed by atoms with Crippen LogP contribution in [0.15, 0.2) is 11.6 Å². The number of hydrogen-bond donors (Lipinski definition) is 2. The molecular weight excluding hydrogens is 260 g/mol. The predicted molar refractivity (Wildman–Crippen MR) is 77.9 cm³/mol. The SMILES string of the molecule is CCNCc1c(N2CCCC2CO)nc2sccn12. The van der Waals surface area contributed by atoms with Crippen molar-refractivity contribution >= 4 is 22.1 Å². The Balaban J connectivity index is 1.98. The van der Waals surface area contributed by atoms with Crippen molar-refractivity contribution in [2.75, 3.05) is 24.6 Å². The summed E-state index contributed by atoms with van der Waals surface area (Å²) in [5.41, 5.74) is 1.21. The number of aliphatic hydroxyl groups is 1. The smallest absolute Gasteiger partial charge is 0.195 e. The second-order valence-corrected chi connectivity index (χ2v) is 5.76. The Kier molecular flexibility index (Phi) is 3.72. The van der Waals surface area contributed by atoms with Crippen molar-refractivity contribution in [3.05, 3.63) is 17.3 Å². The number of anilines is 1. The number of thiazole rings is 1. The van der Waals surface area contributed by atoms with Crippen LogP contribution in [0.25, 0.3) is 4.96 Å². The van der Waals surface area contributed by atoms with Crippen LogP contribution in [0.5, 0.6) is 0 Å². The van der Waals surface area contributed by atoms with Crippen LogP contribution in [0.1, 0.15) is 25.5 Å². The van der Waals surface area contributed by atoms with Crippen LogP contribution in [0.2, 0.25) is 0 Å². The van der Waals surface area contributed by atoms with Gasteiger partial charge in [-0.05, 0) is 19.4 Å². The zero-order valence-corrected chi connectivity index (χ0v) is 12.0. The molecule has 0 spiro atoms. The number of aliphatic hydroxyl groups excluding tert-OH is 1. The molecule has 3 rings (SSSR count). The molecule has 0 aromatic carbocycles. The van der Waals surface area contributed by atoms with E-state index in [4.69, 9.17) is 4.98 Å². The van der Waals surface area contributed by atoms with E-state index in [-0.39, 0.29) is 12.6 Å². The first kappa shape index (κ1) is 12.9. The van der Waals surface area contributed by atoms with E-state index in [1.165, 1.54) is 5.69 Å². The number of rotatable bonds is 5. The third-order valence-electron chi connectivity index (χ3n) is 3.74. The highest BCUT2D eigenvalue weighted by atomic mass is 32.1. The lowest BCUT2D eigenvalue weighted by Crippen LogP contribution is -2.33. The van der Waals surface area contributed by atoms with E-state index in [1.807, 2.05) is 0 Å². The maximum Gasteiger partial charge on any atom is 0.195 e. The normalized spacial score (nSPS) is 19.7. The third kappa shape index (κ3) is 2.24. The summed E-state index contributed by atoms with van der Waals surface area (Å²) in [7, 11) is 0. The number of nitrogens with one attached hydrogen (secondary N) is 1. The highest BCUT2D eigenvalue weighted by Gasteiger charge is 2.28. The molecule has 2 aromatic heterocycles. The minimum atomic E-state index is 0.214. The standard InChI is InChI=1S/C13H20N4OS/c1-2-14-8-11-12(15-13-17(11)6-7-19-13)16-5-3-4-10(16)9-18/h6-7,10,14,18H,2-5,8-9H2,1H3. The Morgan fingerprint density at radius 3 is 3.26 bits per heavy atom. The molecule has 1 aliphatic rings. The maximum atomic E-state index is 9.50. The molecule has 2 N–H and O–H groups in total. The van der Waals surface area contributed by atoms with E-state index in [1.54, 1.807) is 11.3 Å². The van der Waals surface area contributed by atoms with Gasteiger partial charge in [-0.25, -0.2) is 4.98 Å². The summed E-state index contributed by atoms with van der Waals surface area (Å²) >= 11 is 1.66. The van der Waals surface area contributed by atoms with Crippen molar-refractivity contribution in [3.8, 4) is 0 Å². The van der Waals surface area contributed by atoms with E-state index < -0.39 is 0 Å². The lowest BCUT2D eigenvalue weighted by atomic mass is 10.2. The number of hydrogen-bond acceptors (Lipinski definition) is 5. The molecule has 1 saturated heterocycles. The zero-order valence-electron chi connectivity index (χ0n) is 11.2. The van der Waals surface area contributed by atoms with Crippen LogP contribution >= 0.6 is 11.3 Å². The fourth-order valence-electron chi connectivity index (χ4n) is 2.76. The monoisotopic (exact) mass is 280 g/mol. The number of nitrogens with zero attached hydrogens (tertiary/aromatic N) is 3. The quantitative estimate of drug-likeness (QED) is 0.871. The Bertz CT molecular complexity index is 550. The molecule has 6 heteroatoms. The van der Waals surface area contributed by atoms with Gasteiger partial charge in [-0.2, -0.15) is 0 Å². The lowest BCUT2D eigenvalue weighted by molar-refractivity contribution is 0.266. The second-order valence-electron chi connectivity index (χ2n) is 4.89. The average molecular weight is 280 g/mol. The van der Waals surface area contributed by atoms with Crippen LogP contribution in [-0.4, -0.2) is 40.2 Å². The molecule has 0 saturated carbocycles. The van der Waals surface area contributed by atoms with E-state index in [9.17, 15) is 5.11 Å². The lowest BCUT2D eigenvalue weighted by Gasteiger charge is -2.24. The van der Waals surface area contributed by atoms with Crippen LogP contribution in [0.4, 0.5) is 5.82 Å². The minimum absolute atomic E-state index is 0.214. The fraction of sp³-hybridized carbons (Fsp3) is 0.615. The van der Waals surface area contributed by atoms with Gasteiger partial charge >= 0.3 is 0 Å². The van der Waals surface area contributed by atoms with Gasteiger partial charge in [0.25, 0.3) is 0 Å². The van der Waals surface area contributed by atoms with Crippen LogP contribution < -0.4 is 10.2 Å². The van der Waals surface area contributed by atoms with E-state index in [2.05, 4.69) is 33.1 Å². The van der Waals surface area contributed by atoms with Gasteiger partial charge in [-0.3, -0.25) is 4.40 Å². The van der Waals surface area contributed by atoms with Crippen molar-refractivity contribution < 1.29 is 5.11 Å². The van der Waals surface area contributed by atoms with Gasteiger partial charge in [0.2, 0.25) is 0 Å². The van der Waals surface area contributed by atoms with Crippen molar-refractivity contribution in [2.24, 2.45) is 0 Å². The Morgan fingerprint density at radius 1 is 1.58 bits per heavy atom. The topological polar surface area (TPSA) is 52.8 Å². The average Bonchev–Trinajstić information content (AvgIpc) is 3.11. The second kappa shape index (κ2) is 5.48. The Labute approximate surface area is 116 Å². The largest absolute Gasteiger partial charge is 0.394 e. The van der Waals surface area contributed by atoms with Gasteiger partial charge in [-0.15, -0.1) is 11.3 Å². The third-order valence-corrected chi connectivity index (χ3v) is 4.50. The molecule has 1 unspecified atom stereocenters. The van der Waals surface area contributed by atoms with Crippen LogP contribution in [0, 0.1) is 0 Å². The molecule has 2 aromatic rings. The number of aromatic nitrogens is 2. The predicted octanol–water partition coefficient (Wildman–Crippen LogP) is 1.47. The van der Waals surface area contributed by atoms with E-state index >= 15 is 0 Å². The summed E-state index contributed by atoms with van der Waals surface area (Å²) in [6, 6.07) is 0.227. The maximum absolute atomic E-state index is 9.50. The Morgan fingerprint density at radius 2 is 2.47 bits per heavy atom. The van der Waals surface area contributed by atoms with Gasteiger partial charge in [0.1, 0.15) is 0 Å².